The Bertz CT molecular complexity index is 750. The summed E-state index contributed by atoms with van der Waals surface area (Å²) in [6.07, 6.45) is -4.08. The second kappa shape index (κ2) is 8.26. The third-order valence-electron chi connectivity index (χ3n) is 4.08. The molecule has 1 fully saturated rings. The Labute approximate surface area is 170 Å². The summed E-state index contributed by atoms with van der Waals surface area (Å²) in [6.45, 7) is 7.54. The summed E-state index contributed by atoms with van der Waals surface area (Å²) in [5.74, 6) is 0.215. The third-order valence-corrected chi connectivity index (χ3v) is 4.66. The van der Waals surface area contributed by atoms with E-state index in [-0.39, 0.29) is 23.2 Å². The highest BCUT2D eigenvalue weighted by Crippen LogP contribution is 2.35. The molecule has 156 valence electrons. The molecule has 0 N–H and O–H groups in total. The van der Waals surface area contributed by atoms with Crippen LogP contribution in [0.25, 0.3) is 0 Å². The lowest BCUT2D eigenvalue weighted by molar-refractivity contribution is -0.137. The molecule has 0 radical (unpaired) electrons. The van der Waals surface area contributed by atoms with Crippen LogP contribution in [0.3, 0.4) is 0 Å². The number of aromatic nitrogens is 1. The highest BCUT2D eigenvalue weighted by molar-refractivity contribution is 9.10. The molecule has 10 heteroatoms. The molecule has 0 bridgehead atoms. The lowest BCUT2D eigenvalue weighted by Gasteiger charge is -2.42. The van der Waals surface area contributed by atoms with Gasteiger partial charge in [0.15, 0.2) is 0 Å². The Kier molecular flexibility index (Phi) is 6.62. The van der Waals surface area contributed by atoms with Crippen LogP contribution in [0.1, 0.15) is 39.7 Å². The smallest absolute Gasteiger partial charge is 0.417 e. The summed E-state index contributed by atoms with van der Waals surface area (Å²) in [4.78, 5) is 31.3. The summed E-state index contributed by atoms with van der Waals surface area (Å²) in [7, 11) is 0. The largest absolute Gasteiger partial charge is 0.444 e. The number of piperazine rings is 1. The molecule has 0 spiro atoms. The number of anilines is 1. The molecular formula is C18H23BrF3N3O3. The van der Waals surface area contributed by atoms with Gasteiger partial charge < -0.3 is 14.5 Å². The van der Waals surface area contributed by atoms with Crippen LogP contribution < -0.4 is 4.90 Å². The zero-order valence-electron chi connectivity index (χ0n) is 16.1. The minimum Gasteiger partial charge on any atom is -0.444 e. The minimum atomic E-state index is -4.50. The fourth-order valence-corrected chi connectivity index (χ4v) is 3.51. The van der Waals surface area contributed by atoms with E-state index in [1.807, 2.05) is 0 Å². The molecule has 1 amide bonds. The predicted molar refractivity (Wildman–Crippen MR) is 101 cm³/mol. The number of carbonyl (C=O) groups excluding carboxylic acids is 2. The van der Waals surface area contributed by atoms with Gasteiger partial charge in [0.05, 0.1) is 16.1 Å². The summed E-state index contributed by atoms with van der Waals surface area (Å²) in [5, 5.41) is 0. The maximum Gasteiger partial charge on any atom is 0.417 e. The van der Waals surface area contributed by atoms with Crippen molar-refractivity contribution in [1.29, 1.82) is 0 Å². The van der Waals surface area contributed by atoms with Crippen LogP contribution in [-0.4, -0.2) is 53.0 Å². The highest BCUT2D eigenvalue weighted by atomic mass is 79.9. The molecule has 28 heavy (non-hydrogen) atoms. The standard InChI is InChI=1S/C18H23BrF3N3O3/c1-11(26)7-13-10-24(16(27)28-17(2,3)4)5-6-25(13)15-14(19)8-12(9-23-15)18(20,21)22/h8-9,13H,5-7,10H2,1-4H3. The van der Waals surface area contributed by atoms with Gasteiger partial charge in [0.25, 0.3) is 0 Å². The summed E-state index contributed by atoms with van der Waals surface area (Å²) < 4.78 is 44.2. The van der Waals surface area contributed by atoms with E-state index < -0.39 is 29.5 Å². The Hall–Kier alpha value is -1.84. The van der Waals surface area contributed by atoms with Gasteiger partial charge in [-0.3, -0.25) is 4.79 Å². The maximum absolute atomic E-state index is 12.9. The van der Waals surface area contributed by atoms with Crippen molar-refractivity contribution in [1.82, 2.24) is 9.88 Å². The van der Waals surface area contributed by atoms with E-state index in [9.17, 15) is 22.8 Å². The van der Waals surface area contributed by atoms with Gasteiger partial charge in [0, 0.05) is 32.3 Å². The van der Waals surface area contributed by atoms with Crippen molar-refractivity contribution in [3.8, 4) is 0 Å². The molecule has 1 saturated heterocycles. The van der Waals surface area contributed by atoms with E-state index in [0.29, 0.717) is 18.9 Å². The number of hydrogen-bond acceptors (Lipinski definition) is 5. The zero-order valence-corrected chi connectivity index (χ0v) is 17.7. The predicted octanol–water partition coefficient (Wildman–Crippen LogP) is 4.27. The van der Waals surface area contributed by atoms with Gasteiger partial charge in [0.1, 0.15) is 17.2 Å². The van der Waals surface area contributed by atoms with Gasteiger partial charge in [-0.15, -0.1) is 0 Å². The van der Waals surface area contributed by atoms with Crippen molar-refractivity contribution in [2.75, 3.05) is 24.5 Å². The topological polar surface area (TPSA) is 62.7 Å². The fourth-order valence-electron chi connectivity index (χ4n) is 2.93. The normalized spacial score (nSPS) is 18.2. The first-order valence-corrected chi connectivity index (χ1v) is 9.54. The molecule has 0 saturated carbocycles. The van der Waals surface area contributed by atoms with Crippen LogP contribution in [-0.2, 0) is 15.7 Å². The lowest BCUT2D eigenvalue weighted by Crippen LogP contribution is -2.56. The second-order valence-electron chi connectivity index (χ2n) is 7.71. The van der Waals surface area contributed by atoms with Gasteiger partial charge in [0.2, 0.25) is 0 Å². The van der Waals surface area contributed by atoms with Crippen LogP contribution in [0.4, 0.5) is 23.8 Å². The molecule has 1 aromatic heterocycles. The van der Waals surface area contributed by atoms with Crippen molar-refractivity contribution in [2.45, 2.75) is 51.9 Å². The summed E-state index contributed by atoms with van der Waals surface area (Å²) >= 11 is 3.16. The van der Waals surface area contributed by atoms with Crippen molar-refractivity contribution >= 4 is 33.6 Å². The molecule has 6 nitrogen and oxygen atoms in total. The van der Waals surface area contributed by atoms with Crippen LogP contribution in [0.2, 0.25) is 0 Å². The number of halogens is 4. The molecule has 0 aliphatic carbocycles. The molecule has 1 aromatic rings. The number of rotatable bonds is 3. The number of carbonyl (C=O) groups is 2. The minimum absolute atomic E-state index is 0.0935. The van der Waals surface area contributed by atoms with Gasteiger partial charge in [-0.2, -0.15) is 13.2 Å². The lowest BCUT2D eigenvalue weighted by atomic mass is 10.1. The fraction of sp³-hybridized carbons (Fsp3) is 0.611. The first-order chi connectivity index (χ1) is 12.8. The Morgan fingerprint density at radius 1 is 1.29 bits per heavy atom. The van der Waals surface area contributed by atoms with E-state index in [1.165, 1.54) is 11.8 Å². The monoisotopic (exact) mass is 465 g/mol. The van der Waals surface area contributed by atoms with E-state index in [2.05, 4.69) is 20.9 Å². The van der Waals surface area contributed by atoms with Crippen LogP contribution in [0.15, 0.2) is 16.7 Å². The molecule has 1 unspecified atom stereocenters. The average Bonchev–Trinajstić information content (AvgIpc) is 2.52. The highest BCUT2D eigenvalue weighted by Gasteiger charge is 2.36. The van der Waals surface area contributed by atoms with Crippen LogP contribution in [0, 0.1) is 0 Å². The number of Topliss-reactive ketones (excluding diaryl/α,β-unsaturated/α-hetero) is 1. The number of nitrogens with zero attached hydrogens (tertiary/aromatic N) is 3. The Morgan fingerprint density at radius 2 is 1.93 bits per heavy atom. The number of alkyl halides is 3. The summed E-state index contributed by atoms with van der Waals surface area (Å²) in [5.41, 5.74) is -1.51. The quantitative estimate of drug-likeness (QED) is 0.666. The van der Waals surface area contributed by atoms with Gasteiger partial charge in [-0.25, -0.2) is 9.78 Å². The Balaban J connectivity index is 2.25. The number of ether oxygens (including phenoxy) is 1. The first kappa shape index (κ1) is 22.4. The van der Waals surface area contributed by atoms with Gasteiger partial charge in [-0.1, -0.05) is 0 Å². The number of hydrogen-bond donors (Lipinski definition) is 0. The van der Waals surface area contributed by atoms with E-state index in [4.69, 9.17) is 4.74 Å². The maximum atomic E-state index is 12.9. The van der Waals surface area contributed by atoms with E-state index in [0.717, 1.165) is 12.3 Å². The molecular weight excluding hydrogens is 443 g/mol. The van der Waals surface area contributed by atoms with Crippen molar-refractivity contribution in [3.05, 3.63) is 22.3 Å². The van der Waals surface area contributed by atoms with E-state index >= 15 is 0 Å². The summed E-state index contributed by atoms with van der Waals surface area (Å²) in [6, 6.07) is 0.548. The molecule has 0 aromatic carbocycles. The van der Waals surface area contributed by atoms with E-state index in [1.54, 1.807) is 25.7 Å². The SMILES string of the molecule is CC(=O)CC1CN(C(=O)OC(C)(C)C)CCN1c1ncc(C(F)(F)F)cc1Br. The molecule has 2 heterocycles. The van der Waals surface area contributed by atoms with Crippen molar-refractivity contribution < 1.29 is 27.5 Å². The van der Waals surface area contributed by atoms with Crippen LogP contribution >= 0.6 is 15.9 Å². The molecule has 1 aliphatic rings. The average molecular weight is 466 g/mol. The second-order valence-corrected chi connectivity index (χ2v) is 8.56. The first-order valence-electron chi connectivity index (χ1n) is 8.74. The third kappa shape index (κ3) is 5.83. The molecule has 1 atom stereocenters. The number of ketones is 1. The molecule has 1 aliphatic heterocycles. The Morgan fingerprint density at radius 3 is 2.43 bits per heavy atom. The van der Waals surface area contributed by atoms with Gasteiger partial charge in [-0.05, 0) is 49.7 Å². The van der Waals surface area contributed by atoms with Crippen molar-refractivity contribution in [3.63, 3.8) is 0 Å². The van der Waals surface area contributed by atoms with Crippen LogP contribution in [0.5, 0.6) is 0 Å². The van der Waals surface area contributed by atoms with Crippen molar-refractivity contribution in [2.24, 2.45) is 0 Å². The van der Waals surface area contributed by atoms with Gasteiger partial charge >= 0.3 is 12.3 Å². The molecule has 2 rings (SSSR count). The number of amides is 1. The number of pyridine rings is 1. The zero-order chi connectivity index (χ0) is 21.3.